The van der Waals surface area contributed by atoms with E-state index in [-0.39, 0.29) is 0 Å². The molecule has 1 aromatic carbocycles. The molecule has 0 atom stereocenters. The van der Waals surface area contributed by atoms with Crippen molar-refractivity contribution in [1.29, 1.82) is 0 Å². The Balaban J connectivity index is 1.62. The van der Waals surface area contributed by atoms with Gasteiger partial charge in [-0.15, -0.1) is 11.3 Å². The minimum Gasteiger partial charge on any atom is -0.361 e. The second-order valence-electron chi connectivity index (χ2n) is 4.57. The summed E-state index contributed by atoms with van der Waals surface area (Å²) < 4.78 is 37.3. The summed E-state index contributed by atoms with van der Waals surface area (Å²) in [5.41, 5.74) is 1.34. The minimum absolute atomic E-state index is 0.294. The maximum atomic E-state index is 12.4. The van der Waals surface area contributed by atoms with Crippen molar-refractivity contribution in [2.75, 3.05) is 11.9 Å². The van der Waals surface area contributed by atoms with E-state index in [0.29, 0.717) is 18.1 Å². The Morgan fingerprint density at radius 1 is 1.24 bits per heavy atom. The summed E-state index contributed by atoms with van der Waals surface area (Å²) in [6, 6.07) is 7.92. The van der Waals surface area contributed by atoms with Gasteiger partial charge in [-0.2, -0.15) is 13.2 Å². The molecule has 3 rings (SSSR count). The molecule has 2 heterocycles. The number of thiazole rings is 1. The number of hydrogen-bond donors (Lipinski definition) is 2. The van der Waals surface area contributed by atoms with Crippen molar-refractivity contribution < 1.29 is 13.2 Å². The Morgan fingerprint density at radius 2 is 2.05 bits per heavy atom. The first-order chi connectivity index (χ1) is 10.0. The van der Waals surface area contributed by atoms with Crippen LogP contribution in [-0.2, 0) is 12.6 Å². The molecule has 3 nitrogen and oxygen atoms in total. The number of benzene rings is 1. The molecule has 21 heavy (non-hydrogen) atoms. The molecule has 0 saturated carbocycles. The van der Waals surface area contributed by atoms with Crippen molar-refractivity contribution in [2.45, 2.75) is 12.6 Å². The van der Waals surface area contributed by atoms with Crippen LogP contribution in [0.2, 0.25) is 0 Å². The number of H-pyrrole nitrogens is 1. The molecule has 2 aromatic heterocycles. The molecule has 7 heteroatoms. The fourth-order valence-electron chi connectivity index (χ4n) is 2.13. The van der Waals surface area contributed by atoms with Crippen molar-refractivity contribution in [3.8, 4) is 0 Å². The minimum atomic E-state index is -4.38. The van der Waals surface area contributed by atoms with E-state index in [2.05, 4.69) is 15.3 Å². The first kappa shape index (κ1) is 13.9. The van der Waals surface area contributed by atoms with Gasteiger partial charge in [0.25, 0.3) is 0 Å². The van der Waals surface area contributed by atoms with Gasteiger partial charge in [0.2, 0.25) is 0 Å². The zero-order valence-electron chi connectivity index (χ0n) is 10.9. The number of aromatic amines is 1. The lowest BCUT2D eigenvalue weighted by atomic mass is 10.1. The van der Waals surface area contributed by atoms with Crippen molar-refractivity contribution >= 4 is 27.4 Å². The van der Waals surface area contributed by atoms with E-state index in [1.807, 2.05) is 30.5 Å². The fraction of sp³-hybridized carbons (Fsp3) is 0.214. The number of rotatable bonds is 4. The van der Waals surface area contributed by atoms with Crippen LogP contribution in [0.1, 0.15) is 11.3 Å². The number of halogens is 3. The molecule has 110 valence electrons. The highest BCUT2D eigenvalue weighted by atomic mass is 32.1. The molecule has 2 N–H and O–H groups in total. The summed E-state index contributed by atoms with van der Waals surface area (Å²) in [6.07, 6.45) is -1.74. The SMILES string of the molecule is FC(F)(F)c1csc(NCCc2c[nH]c3ccccc23)n1. The van der Waals surface area contributed by atoms with Crippen molar-refractivity contribution in [3.05, 3.63) is 47.1 Å². The predicted molar refractivity (Wildman–Crippen MR) is 77.6 cm³/mol. The van der Waals surface area contributed by atoms with Gasteiger partial charge in [0.05, 0.1) is 0 Å². The van der Waals surface area contributed by atoms with Crippen LogP contribution in [0.25, 0.3) is 10.9 Å². The first-order valence-electron chi connectivity index (χ1n) is 6.35. The van der Waals surface area contributed by atoms with Gasteiger partial charge in [-0.3, -0.25) is 0 Å². The van der Waals surface area contributed by atoms with Crippen LogP contribution in [0, 0.1) is 0 Å². The van der Waals surface area contributed by atoms with Gasteiger partial charge < -0.3 is 10.3 Å². The number of aromatic nitrogens is 2. The highest BCUT2D eigenvalue weighted by Crippen LogP contribution is 2.31. The monoisotopic (exact) mass is 311 g/mol. The molecular weight excluding hydrogens is 299 g/mol. The van der Waals surface area contributed by atoms with E-state index in [9.17, 15) is 13.2 Å². The third-order valence-electron chi connectivity index (χ3n) is 3.14. The average Bonchev–Trinajstić information content (AvgIpc) is 3.06. The number of fused-ring (bicyclic) bond motifs is 1. The first-order valence-corrected chi connectivity index (χ1v) is 7.23. The second kappa shape index (κ2) is 5.40. The Kier molecular flexibility index (Phi) is 3.59. The van der Waals surface area contributed by atoms with Crippen molar-refractivity contribution in [3.63, 3.8) is 0 Å². The lowest BCUT2D eigenvalue weighted by Crippen LogP contribution is -2.07. The van der Waals surface area contributed by atoms with Gasteiger partial charge >= 0.3 is 6.18 Å². The van der Waals surface area contributed by atoms with E-state index >= 15 is 0 Å². The van der Waals surface area contributed by atoms with E-state index in [4.69, 9.17) is 0 Å². The van der Waals surface area contributed by atoms with Crippen LogP contribution in [0.3, 0.4) is 0 Å². The maximum Gasteiger partial charge on any atom is 0.434 e. The summed E-state index contributed by atoms with van der Waals surface area (Å²) in [4.78, 5) is 6.71. The molecule has 0 fully saturated rings. The Labute approximate surface area is 122 Å². The highest BCUT2D eigenvalue weighted by Gasteiger charge is 2.33. The Bertz CT molecular complexity index is 745. The number of para-hydroxylation sites is 1. The largest absolute Gasteiger partial charge is 0.434 e. The van der Waals surface area contributed by atoms with Crippen LogP contribution < -0.4 is 5.32 Å². The third kappa shape index (κ3) is 3.02. The molecule has 0 saturated heterocycles. The lowest BCUT2D eigenvalue weighted by molar-refractivity contribution is -0.140. The van der Waals surface area contributed by atoms with Gasteiger partial charge in [0.1, 0.15) is 0 Å². The molecule has 0 radical (unpaired) electrons. The van der Waals surface area contributed by atoms with E-state index in [0.717, 1.165) is 33.2 Å². The summed E-state index contributed by atoms with van der Waals surface area (Å²) in [5.74, 6) is 0. The van der Waals surface area contributed by atoms with E-state index in [1.165, 1.54) is 0 Å². The van der Waals surface area contributed by atoms with Crippen LogP contribution >= 0.6 is 11.3 Å². The van der Waals surface area contributed by atoms with E-state index in [1.54, 1.807) is 0 Å². The van der Waals surface area contributed by atoms with Gasteiger partial charge in [0, 0.05) is 29.0 Å². The van der Waals surface area contributed by atoms with Crippen LogP contribution in [-0.4, -0.2) is 16.5 Å². The number of anilines is 1. The third-order valence-corrected chi connectivity index (χ3v) is 3.94. The van der Waals surface area contributed by atoms with Gasteiger partial charge in [-0.25, -0.2) is 4.98 Å². The molecule has 0 aliphatic carbocycles. The molecule has 0 aliphatic rings. The number of nitrogens with zero attached hydrogens (tertiary/aromatic N) is 1. The summed E-state index contributed by atoms with van der Waals surface area (Å²) >= 11 is 0.967. The lowest BCUT2D eigenvalue weighted by Gasteiger charge is -2.03. The molecular formula is C14H12F3N3S. The van der Waals surface area contributed by atoms with Crippen LogP contribution in [0.4, 0.5) is 18.3 Å². The fourth-order valence-corrected chi connectivity index (χ4v) is 2.87. The zero-order chi connectivity index (χ0) is 14.9. The standard InChI is InChI=1S/C14H12F3N3S/c15-14(16,17)12-8-21-13(20-12)18-6-5-9-7-19-11-4-2-1-3-10(9)11/h1-4,7-8,19H,5-6H2,(H,18,20). The summed E-state index contributed by atoms with van der Waals surface area (Å²) in [7, 11) is 0. The predicted octanol–water partition coefficient (Wildman–Crippen LogP) is 4.30. The normalized spacial score (nSPS) is 12.0. The quantitative estimate of drug-likeness (QED) is 0.754. The molecule has 0 bridgehead atoms. The number of hydrogen-bond acceptors (Lipinski definition) is 3. The highest BCUT2D eigenvalue weighted by molar-refractivity contribution is 7.13. The van der Waals surface area contributed by atoms with E-state index < -0.39 is 11.9 Å². The van der Waals surface area contributed by atoms with Gasteiger partial charge in [-0.1, -0.05) is 18.2 Å². The average molecular weight is 311 g/mol. The molecule has 0 amide bonds. The van der Waals surface area contributed by atoms with Crippen molar-refractivity contribution in [2.24, 2.45) is 0 Å². The number of nitrogens with one attached hydrogen (secondary N) is 2. The second-order valence-corrected chi connectivity index (χ2v) is 5.43. The van der Waals surface area contributed by atoms with Crippen LogP contribution in [0.15, 0.2) is 35.8 Å². The molecule has 3 aromatic rings. The smallest absolute Gasteiger partial charge is 0.361 e. The van der Waals surface area contributed by atoms with Gasteiger partial charge in [0.15, 0.2) is 10.8 Å². The maximum absolute atomic E-state index is 12.4. The van der Waals surface area contributed by atoms with Gasteiger partial charge in [-0.05, 0) is 18.1 Å². The van der Waals surface area contributed by atoms with Crippen LogP contribution in [0.5, 0.6) is 0 Å². The summed E-state index contributed by atoms with van der Waals surface area (Å²) in [5, 5.41) is 5.38. The molecule has 0 aliphatic heterocycles. The Hall–Kier alpha value is -2.02. The Morgan fingerprint density at radius 3 is 2.81 bits per heavy atom. The topological polar surface area (TPSA) is 40.7 Å². The number of alkyl halides is 3. The molecule has 0 unspecified atom stereocenters. The molecule has 0 spiro atoms. The summed E-state index contributed by atoms with van der Waals surface area (Å²) in [6.45, 7) is 0.534. The van der Waals surface area contributed by atoms with Crippen molar-refractivity contribution in [1.82, 2.24) is 9.97 Å². The zero-order valence-corrected chi connectivity index (χ0v) is 11.7.